The Morgan fingerprint density at radius 3 is 2.61 bits per heavy atom. The fourth-order valence-electron chi connectivity index (χ4n) is 3.11. The highest BCUT2D eigenvalue weighted by molar-refractivity contribution is 7.91. The zero-order valence-corrected chi connectivity index (χ0v) is 11.4. The molecular weight excluding hydrogens is 254 g/mol. The van der Waals surface area contributed by atoms with Crippen LogP contribution in [0.15, 0.2) is 0 Å². The van der Waals surface area contributed by atoms with Crippen molar-refractivity contribution in [2.45, 2.75) is 43.8 Å². The standard InChI is InChI=1S/C11H21N3O3S/c1-8-7-18(16,17)5-4-14(8)9-2-3-11(13,6-9)10(12)15/h8-9H,2-7,13H2,1H3,(H2,12,15). The zero-order chi connectivity index (χ0) is 13.6. The molecule has 3 atom stereocenters. The van der Waals surface area contributed by atoms with Crippen LogP contribution in [-0.2, 0) is 14.6 Å². The second-order valence-electron chi connectivity index (χ2n) is 5.62. The van der Waals surface area contributed by atoms with E-state index < -0.39 is 21.3 Å². The highest BCUT2D eigenvalue weighted by atomic mass is 32.2. The maximum atomic E-state index is 11.5. The minimum atomic E-state index is -2.90. The Labute approximate surface area is 108 Å². The SMILES string of the molecule is CC1CS(=O)(=O)CCN1C1CCC(N)(C(N)=O)C1. The van der Waals surface area contributed by atoms with Crippen molar-refractivity contribution in [3.8, 4) is 0 Å². The molecule has 1 amide bonds. The molecule has 1 saturated carbocycles. The van der Waals surface area contributed by atoms with Crippen LogP contribution in [0.5, 0.6) is 0 Å². The Morgan fingerprint density at radius 1 is 1.44 bits per heavy atom. The monoisotopic (exact) mass is 275 g/mol. The van der Waals surface area contributed by atoms with E-state index in [4.69, 9.17) is 11.5 Å². The molecule has 2 fully saturated rings. The van der Waals surface area contributed by atoms with E-state index in [0.29, 0.717) is 19.4 Å². The van der Waals surface area contributed by atoms with Crippen LogP contribution in [-0.4, -0.2) is 54.9 Å². The quantitative estimate of drug-likeness (QED) is 0.661. The van der Waals surface area contributed by atoms with Gasteiger partial charge in [0.1, 0.15) is 0 Å². The largest absolute Gasteiger partial charge is 0.368 e. The lowest BCUT2D eigenvalue weighted by atomic mass is 9.98. The highest BCUT2D eigenvalue weighted by Crippen LogP contribution is 2.33. The van der Waals surface area contributed by atoms with E-state index in [-0.39, 0.29) is 23.6 Å². The normalized spacial score (nSPS) is 40.8. The van der Waals surface area contributed by atoms with Crippen molar-refractivity contribution in [2.75, 3.05) is 18.1 Å². The van der Waals surface area contributed by atoms with Crippen molar-refractivity contribution in [2.24, 2.45) is 11.5 Å². The summed E-state index contributed by atoms with van der Waals surface area (Å²) in [6.07, 6.45) is 1.93. The minimum Gasteiger partial charge on any atom is -0.368 e. The van der Waals surface area contributed by atoms with Crippen LogP contribution in [0.1, 0.15) is 26.2 Å². The van der Waals surface area contributed by atoms with Crippen LogP contribution in [0.25, 0.3) is 0 Å². The summed E-state index contributed by atoms with van der Waals surface area (Å²) >= 11 is 0. The molecule has 1 aliphatic heterocycles. The van der Waals surface area contributed by atoms with Gasteiger partial charge in [-0.05, 0) is 26.2 Å². The molecule has 0 radical (unpaired) electrons. The number of amides is 1. The van der Waals surface area contributed by atoms with Gasteiger partial charge in [0.15, 0.2) is 9.84 Å². The van der Waals surface area contributed by atoms with Crippen molar-refractivity contribution in [1.29, 1.82) is 0 Å². The lowest BCUT2D eigenvalue weighted by molar-refractivity contribution is -0.123. The van der Waals surface area contributed by atoms with Gasteiger partial charge in [0.25, 0.3) is 0 Å². The Bertz CT molecular complexity index is 450. The molecule has 7 heteroatoms. The number of carbonyl (C=O) groups excluding carboxylic acids is 1. The number of nitrogens with zero attached hydrogens (tertiary/aromatic N) is 1. The molecule has 3 unspecified atom stereocenters. The van der Waals surface area contributed by atoms with Gasteiger partial charge in [-0.3, -0.25) is 9.69 Å². The molecule has 0 aromatic carbocycles. The van der Waals surface area contributed by atoms with Gasteiger partial charge >= 0.3 is 0 Å². The third-order valence-corrected chi connectivity index (χ3v) is 6.00. The van der Waals surface area contributed by atoms with E-state index >= 15 is 0 Å². The van der Waals surface area contributed by atoms with Gasteiger partial charge in [-0.2, -0.15) is 0 Å². The van der Waals surface area contributed by atoms with Gasteiger partial charge in [0.2, 0.25) is 5.91 Å². The maximum absolute atomic E-state index is 11.5. The Kier molecular flexibility index (Phi) is 3.42. The summed E-state index contributed by atoms with van der Waals surface area (Å²) < 4.78 is 23.1. The summed E-state index contributed by atoms with van der Waals surface area (Å²) in [4.78, 5) is 13.5. The first-order valence-electron chi connectivity index (χ1n) is 6.28. The first-order chi connectivity index (χ1) is 8.23. The van der Waals surface area contributed by atoms with Crippen LogP contribution in [0.2, 0.25) is 0 Å². The molecule has 0 aromatic rings. The smallest absolute Gasteiger partial charge is 0.237 e. The van der Waals surface area contributed by atoms with Gasteiger partial charge in [-0.25, -0.2) is 8.42 Å². The zero-order valence-electron chi connectivity index (χ0n) is 10.6. The van der Waals surface area contributed by atoms with Crippen molar-refractivity contribution >= 4 is 15.7 Å². The minimum absolute atomic E-state index is 0.0102. The number of carbonyl (C=O) groups is 1. The van der Waals surface area contributed by atoms with E-state index in [1.807, 2.05) is 6.92 Å². The van der Waals surface area contributed by atoms with Gasteiger partial charge < -0.3 is 11.5 Å². The predicted molar refractivity (Wildman–Crippen MR) is 68.6 cm³/mol. The summed E-state index contributed by atoms with van der Waals surface area (Å²) in [6.45, 7) is 2.44. The van der Waals surface area contributed by atoms with Gasteiger partial charge in [0.05, 0.1) is 17.0 Å². The molecule has 2 rings (SSSR count). The topological polar surface area (TPSA) is 106 Å². The van der Waals surface area contributed by atoms with Crippen molar-refractivity contribution in [1.82, 2.24) is 4.90 Å². The lowest BCUT2D eigenvalue weighted by Gasteiger charge is -2.38. The fraction of sp³-hybridized carbons (Fsp3) is 0.909. The lowest BCUT2D eigenvalue weighted by Crippen LogP contribution is -2.54. The van der Waals surface area contributed by atoms with Crippen molar-refractivity contribution < 1.29 is 13.2 Å². The molecule has 1 saturated heterocycles. The number of rotatable bonds is 2. The molecule has 18 heavy (non-hydrogen) atoms. The summed E-state index contributed by atoms with van der Waals surface area (Å²) in [5.74, 6) is -0.0677. The first kappa shape index (κ1) is 13.8. The third kappa shape index (κ3) is 2.53. The summed E-state index contributed by atoms with van der Waals surface area (Å²) in [5, 5.41) is 0. The summed E-state index contributed by atoms with van der Waals surface area (Å²) in [7, 11) is -2.90. The third-order valence-electron chi connectivity index (χ3n) is 4.21. The highest BCUT2D eigenvalue weighted by Gasteiger charge is 2.44. The van der Waals surface area contributed by atoms with E-state index in [9.17, 15) is 13.2 Å². The molecule has 104 valence electrons. The van der Waals surface area contributed by atoms with E-state index in [0.717, 1.165) is 6.42 Å². The summed E-state index contributed by atoms with van der Waals surface area (Å²) in [5.41, 5.74) is 10.4. The van der Waals surface area contributed by atoms with Gasteiger partial charge in [-0.1, -0.05) is 0 Å². The number of hydrogen-bond acceptors (Lipinski definition) is 5. The fourth-order valence-corrected chi connectivity index (χ4v) is 4.69. The molecular formula is C11H21N3O3S. The molecule has 1 aliphatic carbocycles. The average molecular weight is 275 g/mol. The Balaban J connectivity index is 2.05. The van der Waals surface area contributed by atoms with Crippen LogP contribution in [0.4, 0.5) is 0 Å². The average Bonchev–Trinajstić information content (AvgIpc) is 2.61. The Morgan fingerprint density at radius 2 is 2.11 bits per heavy atom. The molecule has 0 aromatic heterocycles. The number of hydrogen-bond donors (Lipinski definition) is 2. The van der Waals surface area contributed by atoms with Crippen LogP contribution < -0.4 is 11.5 Å². The van der Waals surface area contributed by atoms with Gasteiger partial charge in [0, 0.05) is 18.6 Å². The summed E-state index contributed by atoms with van der Waals surface area (Å²) in [6, 6.07) is 0.164. The molecule has 0 bridgehead atoms. The predicted octanol–water partition coefficient (Wildman–Crippen LogP) is -1.16. The van der Waals surface area contributed by atoms with E-state index in [2.05, 4.69) is 4.90 Å². The molecule has 6 nitrogen and oxygen atoms in total. The second kappa shape index (κ2) is 4.47. The number of sulfone groups is 1. The van der Waals surface area contributed by atoms with Crippen LogP contribution >= 0.6 is 0 Å². The Hall–Kier alpha value is -0.660. The molecule has 2 aliphatic rings. The van der Waals surface area contributed by atoms with Crippen LogP contribution in [0.3, 0.4) is 0 Å². The number of primary amides is 1. The van der Waals surface area contributed by atoms with Crippen LogP contribution in [0, 0.1) is 0 Å². The molecule has 1 heterocycles. The second-order valence-corrected chi connectivity index (χ2v) is 7.85. The van der Waals surface area contributed by atoms with Crippen molar-refractivity contribution in [3.63, 3.8) is 0 Å². The molecule has 0 spiro atoms. The van der Waals surface area contributed by atoms with E-state index in [1.54, 1.807) is 0 Å². The van der Waals surface area contributed by atoms with Gasteiger partial charge in [-0.15, -0.1) is 0 Å². The maximum Gasteiger partial charge on any atom is 0.237 e. The van der Waals surface area contributed by atoms with Crippen molar-refractivity contribution in [3.05, 3.63) is 0 Å². The first-order valence-corrected chi connectivity index (χ1v) is 8.11. The number of nitrogens with two attached hydrogens (primary N) is 2. The molecule has 4 N–H and O–H groups in total. The van der Waals surface area contributed by atoms with E-state index in [1.165, 1.54) is 0 Å².